The molecule has 1 saturated heterocycles. The molecule has 12 nitrogen and oxygen atoms in total. The van der Waals surface area contributed by atoms with Crippen molar-refractivity contribution in [3.8, 4) is 0 Å². The van der Waals surface area contributed by atoms with Gasteiger partial charge in [0.05, 0.1) is 6.61 Å². The third-order valence-electron chi connectivity index (χ3n) is 13.0. The molecule has 0 aromatic heterocycles. The Morgan fingerprint density at radius 3 is 1.24 bits per heavy atom. The van der Waals surface area contributed by atoms with Gasteiger partial charge in [-0.1, -0.05) is 200 Å². The van der Waals surface area contributed by atoms with E-state index < -0.39 is 67.3 Å². The number of hydrogen-bond donors (Lipinski definition) is 3. The number of carbonyl (C=O) groups excluding carboxylic acids is 3. The van der Waals surface area contributed by atoms with E-state index >= 15 is 0 Å². The number of aliphatic hydroxyl groups is 2. The van der Waals surface area contributed by atoms with Gasteiger partial charge in [0.1, 0.15) is 18.8 Å². The van der Waals surface area contributed by atoms with E-state index in [9.17, 15) is 34.5 Å². The first kappa shape index (κ1) is 72.1. The number of carbonyl (C=O) groups is 4. The smallest absolute Gasteiger partial charge is 0.335 e. The lowest BCUT2D eigenvalue weighted by atomic mass is 9.98. The summed E-state index contributed by atoms with van der Waals surface area (Å²) >= 11 is 0. The predicted octanol–water partition coefficient (Wildman–Crippen LogP) is 16.0. The second-order valence-corrected chi connectivity index (χ2v) is 20.2. The predicted molar refractivity (Wildman–Crippen MR) is 321 cm³/mol. The maximum atomic E-state index is 13.2. The van der Waals surface area contributed by atoms with Crippen LogP contribution < -0.4 is 0 Å². The van der Waals surface area contributed by atoms with Crippen molar-refractivity contribution in [2.75, 3.05) is 13.2 Å². The lowest BCUT2D eigenvalue weighted by Gasteiger charge is -2.40. The van der Waals surface area contributed by atoms with Gasteiger partial charge in [-0.25, -0.2) is 4.79 Å². The zero-order valence-electron chi connectivity index (χ0n) is 49.1. The highest BCUT2D eigenvalue weighted by Gasteiger charge is 2.50. The molecule has 0 aromatic carbocycles. The molecular formula is C67H106O12. The summed E-state index contributed by atoms with van der Waals surface area (Å²) in [5, 5.41) is 31.5. The van der Waals surface area contributed by atoms with Crippen LogP contribution in [0.15, 0.2) is 122 Å². The Labute approximate surface area is 478 Å². The standard InChI is InChI=1S/C67H106O12/c1-4-7-10-13-16-19-22-25-28-29-30-31-34-35-38-41-44-47-50-53-59(68)75-56-58(77-60(69)54-51-48-45-42-39-36-32-26-23-20-17-14-11-8-5-2)57-76-67-65(63(72)62(71)64(79-67)66(73)74)78-61(70)55-52-49-46-43-40-37-33-27-24-21-18-15-12-9-6-3/h7-8,10-11,16-21,25-28,30-33,39,42,58,62-65,67,71-72H,4-6,9,12-15,22-24,29,34-38,40-41,43-57H2,1-3H3,(H,73,74)/b10-7-,11-8-,19-16-,20-17-,21-18-,28-25-,31-30-,32-26-,33-27-,42-39-. The Hall–Kier alpha value is -4.88. The molecule has 3 N–H and O–H groups in total. The van der Waals surface area contributed by atoms with Crippen molar-refractivity contribution in [3.05, 3.63) is 122 Å². The highest BCUT2D eigenvalue weighted by atomic mass is 16.7. The second kappa shape index (κ2) is 53.7. The zero-order valence-corrected chi connectivity index (χ0v) is 49.1. The highest BCUT2D eigenvalue weighted by molar-refractivity contribution is 5.74. The number of esters is 3. The molecular weight excluding hydrogens is 997 g/mol. The number of aliphatic hydroxyl groups excluding tert-OH is 2. The Morgan fingerprint density at radius 2 is 0.797 bits per heavy atom. The van der Waals surface area contributed by atoms with Crippen molar-refractivity contribution in [1.82, 2.24) is 0 Å². The van der Waals surface area contributed by atoms with Gasteiger partial charge in [0.15, 0.2) is 24.6 Å². The number of hydrogen-bond acceptors (Lipinski definition) is 11. The summed E-state index contributed by atoms with van der Waals surface area (Å²) in [6.45, 7) is 5.68. The summed E-state index contributed by atoms with van der Waals surface area (Å²) in [7, 11) is 0. The van der Waals surface area contributed by atoms with E-state index in [1.165, 1.54) is 19.3 Å². The average molecular weight is 1100 g/mol. The van der Waals surface area contributed by atoms with E-state index in [2.05, 4.69) is 142 Å². The van der Waals surface area contributed by atoms with E-state index in [0.717, 1.165) is 148 Å². The molecule has 0 bridgehead atoms. The third kappa shape index (κ3) is 43.6. The van der Waals surface area contributed by atoms with Gasteiger partial charge >= 0.3 is 23.9 Å². The average Bonchev–Trinajstić information content (AvgIpc) is 3.46. The minimum absolute atomic E-state index is 0.0318. The van der Waals surface area contributed by atoms with Crippen LogP contribution in [0.2, 0.25) is 0 Å². The Kier molecular flexibility index (Phi) is 49.1. The first-order chi connectivity index (χ1) is 38.6. The van der Waals surface area contributed by atoms with Gasteiger partial charge in [-0.2, -0.15) is 0 Å². The van der Waals surface area contributed by atoms with Gasteiger partial charge in [0.25, 0.3) is 0 Å². The Morgan fingerprint density at radius 1 is 0.430 bits per heavy atom. The topological polar surface area (TPSA) is 175 Å². The van der Waals surface area contributed by atoms with Gasteiger partial charge in [-0.3, -0.25) is 14.4 Å². The van der Waals surface area contributed by atoms with Gasteiger partial charge in [-0.15, -0.1) is 0 Å². The Bertz CT molecular complexity index is 1840. The van der Waals surface area contributed by atoms with Gasteiger partial charge < -0.3 is 39.0 Å². The lowest BCUT2D eigenvalue weighted by Crippen LogP contribution is -2.61. The minimum Gasteiger partial charge on any atom is -0.479 e. The summed E-state index contributed by atoms with van der Waals surface area (Å²) in [5.41, 5.74) is 0. The SMILES string of the molecule is CC/C=C\C/C=C\C/C=C\C/C=C\CCCCCCCCC(=O)OCC(COC1OC(C(=O)O)C(O)C(O)C1OC(=O)CCCCCCC/C=C\C/C=C\CCCCC)OC(=O)CCCC/C=C\C/C=C\C/C=C\C/C=C\CC. The maximum Gasteiger partial charge on any atom is 0.335 e. The molecule has 79 heavy (non-hydrogen) atoms. The van der Waals surface area contributed by atoms with Crippen LogP contribution in [-0.2, 0) is 42.9 Å². The maximum absolute atomic E-state index is 13.2. The molecule has 1 fully saturated rings. The van der Waals surface area contributed by atoms with Gasteiger partial charge in [-0.05, 0) is 128 Å². The quantitative estimate of drug-likeness (QED) is 0.0228. The van der Waals surface area contributed by atoms with Crippen LogP contribution in [0.3, 0.4) is 0 Å². The van der Waals surface area contributed by atoms with Crippen LogP contribution in [0, 0.1) is 0 Å². The summed E-state index contributed by atoms with van der Waals surface area (Å²) in [6.07, 6.45) is 61.6. The van der Waals surface area contributed by atoms with Crippen LogP contribution in [0.1, 0.15) is 226 Å². The minimum atomic E-state index is -1.92. The number of carboxylic acid groups (broad SMARTS) is 1. The van der Waals surface area contributed by atoms with Crippen LogP contribution in [0.4, 0.5) is 0 Å². The molecule has 0 aromatic rings. The van der Waals surface area contributed by atoms with E-state index in [0.29, 0.717) is 19.3 Å². The van der Waals surface area contributed by atoms with Crippen molar-refractivity contribution in [1.29, 1.82) is 0 Å². The summed E-state index contributed by atoms with van der Waals surface area (Å²) < 4.78 is 28.4. The van der Waals surface area contributed by atoms with E-state index in [-0.39, 0.29) is 25.9 Å². The molecule has 0 amide bonds. The molecule has 1 aliphatic rings. The van der Waals surface area contributed by atoms with Crippen LogP contribution >= 0.6 is 0 Å². The first-order valence-corrected chi connectivity index (χ1v) is 30.5. The largest absolute Gasteiger partial charge is 0.479 e. The Balaban J connectivity index is 2.73. The zero-order chi connectivity index (χ0) is 57.5. The number of ether oxygens (including phenoxy) is 5. The third-order valence-corrected chi connectivity index (χ3v) is 13.0. The molecule has 0 aliphatic carbocycles. The molecule has 1 heterocycles. The lowest BCUT2D eigenvalue weighted by molar-refractivity contribution is -0.301. The van der Waals surface area contributed by atoms with Gasteiger partial charge in [0.2, 0.25) is 0 Å². The van der Waals surface area contributed by atoms with Crippen molar-refractivity contribution in [2.24, 2.45) is 0 Å². The second-order valence-electron chi connectivity index (χ2n) is 20.2. The fourth-order valence-electron chi connectivity index (χ4n) is 8.38. The summed E-state index contributed by atoms with van der Waals surface area (Å²) in [4.78, 5) is 51.2. The van der Waals surface area contributed by atoms with E-state index in [1.807, 2.05) is 0 Å². The molecule has 6 atom stereocenters. The van der Waals surface area contributed by atoms with Crippen LogP contribution in [0.5, 0.6) is 0 Å². The number of allylic oxidation sites excluding steroid dienone is 20. The normalized spacial score (nSPS) is 18.7. The summed E-state index contributed by atoms with van der Waals surface area (Å²) in [6, 6.07) is 0. The molecule has 0 spiro atoms. The molecule has 0 radical (unpaired) electrons. The molecule has 1 rings (SSSR count). The first-order valence-electron chi connectivity index (χ1n) is 30.5. The number of aliphatic carboxylic acids is 1. The fraction of sp³-hybridized carbons (Fsp3) is 0.642. The van der Waals surface area contributed by atoms with Crippen LogP contribution in [-0.4, -0.2) is 89.2 Å². The van der Waals surface area contributed by atoms with E-state index in [1.54, 1.807) is 0 Å². The fourth-order valence-corrected chi connectivity index (χ4v) is 8.38. The molecule has 6 unspecified atom stereocenters. The van der Waals surface area contributed by atoms with E-state index in [4.69, 9.17) is 23.7 Å². The highest BCUT2D eigenvalue weighted by Crippen LogP contribution is 2.26. The number of rotatable bonds is 50. The van der Waals surface area contributed by atoms with Crippen molar-refractivity contribution in [3.63, 3.8) is 0 Å². The van der Waals surface area contributed by atoms with Crippen LogP contribution in [0.25, 0.3) is 0 Å². The van der Waals surface area contributed by atoms with Crippen molar-refractivity contribution >= 4 is 23.9 Å². The monoisotopic (exact) mass is 1100 g/mol. The van der Waals surface area contributed by atoms with Crippen molar-refractivity contribution < 1.29 is 58.2 Å². The van der Waals surface area contributed by atoms with Crippen molar-refractivity contribution in [2.45, 2.75) is 263 Å². The molecule has 12 heteroatoms. The molecule has 0 saturated carbocycles. The van der Waals surface area contributed by atoms with Gasteiger partial charge in [0, 0.05) is 19.3 Å². The molecule has 1 aliphatic heterocycles. The summed E-state index contributed by atoms with van der Waals surface area (Å²) in [5.74, 6) is -3.23. The number of unbranched alkanes of at least 4 members (excludes halogenated alkanes) is 16. The number of carboxylic acids is 1. The molecule has 446 valence electrons.